The Balaban J connectivity index is 1.88. The number of halogens is 1. The van der Waals surface area contributed by atoms with Crippen molar-refractivity contribution in [3.05, 3.63) is 76.1 Å². The van der Waals surface area contributed by atoms with Crippen LogP contribution in [-0.4, -0.2) is 9.38 Å². The van der Waals surface area contributed by atoms with E-state index in [4.69, 9.17) is 0 Å². The van der Waals surface area contributed by atoms with E-state index in [9.17, 15) is 9.18 Å². The summed E-state index contributed by atoms with van der Waals surface area (Å²) < 4.78 is 14.7. The summed E-state index contributed by atoms with van der Waals surface area (Å²) in [6.07, 6.45) is 1.68. The van der Waals surface area contributed by atoms with Crippen LogP contribution in [0.15, 0.2) is 53.5 Å². The van der Waals surface area contributed by atoms with Gasteiger partial charge in [-0.25, -0.2) is 9.37 Å². The minimum Gasteiger partial charge on any atom is -0.379 e. The molecule has 0 saturated carbocycles. The second kappa shape index (κ2) is 5.36. The molecular formula is C16H14FN3O. The number of benzene rings is 1. The molecule has 0 amide bonds. The van der Waals surface area contributed by atoms with E-state index in [0.717, 1.165) is 5.56 Å². The highest BCUT2D eigenvalue weighted by Gasteiger charge is 2.04. The summed E-state index contributed by atoms with van der Waals surface area (Å²) in [5.74, 6) is -0.297. The molecule has 0 saturated heterocycles. The summed E-state index contributed by atoms with van der Waals surface area (Å²) in [7, 11) is 0. The van der Waals surface area contributed by atoms with Crippen molar-refractivity contribution in [3.63, 3.8) is 0 Å². The third-order valence-electron chi connectivity index (χ3n) is 3.28. The standard InChI is InChI=1S/C16H14FN3O/c1-11-5-6-12(17)8-14(11)18-10-13-9-16(21)20-7-3-2-4-15(20)19-13/h2-9,18H,10H2,1H3. The average Bonchev–Trinajstić information content (AvgIpc) is 2.48. The number of hydrogen-bond donors (Lipinski definition) is 1. The minimum absolute atomic E-state index is 0.131. The monoisotopic (exact) mass is 283 g/mol. The highest BCUT2D eigenvalue weighted by atomic mass is 19.1. The summed E-state index contributed by atoms with van der Waals surface area (Å²) in [6, 6.07) is 11.4. The molecule has 1 N–H and O–H groups in total. The van der Waals surface area contributed by atoms with Crippen molar-refractivity contribution in [2.24, 2.45) is 0 Å². The van der Waals surface area contributed by atoms with Crippen LogP contribution in [0.1, 0.15) is 11.3 Å². The smallest absolute Gasteiger partial charge is 0.258 e. The average molecular weight is 283 g/mol. The normalized spacial score (nSPS) is 10.8. The lowest BCUT2D eigenvalue weighted by molar-refractivity contribution is 0.628. The van der Waals surface area contributed by atoms with Crippen LogP contribution in [0.4, 0.5) is 10.1 Å². The van der Waals surface area contributed by atoms with Crippen LogP contribution in [0.2, 0.25) is 0 Å². The molecule has 0 spiro atoms. The van der Waals surface area contributed by atoms with Crippen LogP contribution in [0.25, 0.3) is 5.65 Å². The third-order valence-corrected chi connectivity index (χ3v) is 3.28. The fourth-order valence-corrected chi connectivity index (χ4v) is 2.16. The summed E-state index contributed by atoms with van der Waals surface area (Å²) >= 11 is 0. The molecule has 3 aromatic rings. The molecule has 0 bridgehead atoms. The lowest BCUT2D eigenvalue weighted by atomic mass is 10.2. The Kier molecular flexibility index (Phi) is 3.39. The Morgan fingerprint density at radius 3 is 2.95 bits per heavy atom. The molecule has 3 rings (SSSR count). The van der Waals surface area contributed by atoms with Gasteiger partial charge < -0.3 is 5.32 Å². The van der Waals surface area contributed by atoms with Gasteiger partial charge in [0.2, 0.25) is 0 Å². The number of aromatic nitrogens is 2. The van der Waals surface area contributed by atoms with Crippen molar-refractivity contribution in [1.29, 1.82) is 0 Å². The van der Waals surface area contributed by atoms with Gasteiger partial charge in [-0.05, 0) is 36.8 Å². The summed E-state index contributed by atoms with van der Waals surface area (Å²) in [6.45, 7) is 2.26. The molecule has 2 heterocycles. The number of pyridine rings is 1. The molecule has 5 heteroatoms. The zero-order chi connectivity index (χ0) is 14.8. The molecule has 0 unspecified atom stereocenters. The van der Waals surface area contributed by atoms with Gasteiger partial charge in [-0.2, -0.15) is 0 Å². The molecule has 0 aliphatic rings. The second-order valence-corrected chi connectivity index (χ2v) is 4.83. The van der Waals surface area contributed by atoms with E-state index in [-0.39, 0.29) is 11.4 Å². The van der Waals surface area contributed by atoms with Gasteiger partial charge in [0.05, 0.1) is 12.2 Å². The van der Waals surface area contributed by atoms with E-state index in [0.29, 0.717) is 23.6 Å². The number of nitrogens with zero attached hydrogens (tertiary/aromatic N) is 2. The third kappa shape index (κ3) is 2.76. The number of anilines is 1. The van der Waals surface area contributed by atoms with E-state index in [1.165, 1.54) is 22.6 Å². The Labute approximate surface area is 120 Å². The van der Waals surface area contributed by atoms with Gasteiger partial charge in [0, 0.05) is 18.0 Å². The number of fused-ring (bicyclic) bond motifs is 1. The predicted molar refractivity (Wildman–Crippen MR) is 79.9 cm³/mol. The quantitative estimate of drug-likeness (QED) is 0.804. The maximum Gasteiger partial charge on any atom is 0.258 e. The molecule has 0 atom stereocenters. The maximum atomic E-state index is 13.2. The molecule has 21 heavy (non-hydrogen) atoms. The molecule has 0 aliphatic carbocycles. The molecule has 0 fully saturated rings. The number of hydrogen-bond acceptors (Lipinski definition) is 3. The van der Waals surface area contributed by atoms with Gasteiger partial charge in [0.1, 0.15) is 11.5 Å². The fraction of sp³-hybridized carbons (Fsp3) is 0.125. The topological polar surface area (TPSA) is 46.4 Å². The first kappa shape index (κ1) is 13.3. The van der Waals surface area contributed by atoms with Crippen molar-refractivity contribution in [2.75, 3.05) is 5.32 Å². The molecule has 4 nitrogen and oxygen atoms in total. The fourth-order valence-electron chi connectivity index (χ4n) is 2.16. The van der Waals surface area contributed by atoms with E-state index in [2.05, 4.69) is 10.3 Å². The van der Waals surface area contributed by atoms with E-state index in [1.807, 2.05) is 13.0 Å². The van der Waals surface area contributed by atoms with E-state index in [1.54, 1.807) is 24.4 Å². The van der Waals surface area contributed by atoms with Gasteiger partial charge in [-0.15, -0.1) is 0 Å². The summed E-state index contributed by atoms with van der Waals surface area (Å²) in [5.41, 5.74) is 2.72. The SMILES string of the molecule is Cc1ccc(F)cc1NCc1cc(=O)n2ccccc2n1. The van der Waals surface area contributed by atoms with Crippen molar-refractivity contribution in [1.82, 2.24) is 9.38 Å². The Morgan fingerprint density at radius 2 is 2.10 bits per heavy atom. The summed E-state index contributed by atoms with van der Waals surface area (Å²) in [5, 5.41) is 3.11. The van der Waals surface area contributed by atoms with Gasteiger partial charge >= 0.3 is 0 Å². The first-order valence-corrected chi connectivity index (χ1v) is 6.61. The van der Waals surface area contributed by atoms with Crippen molar-refractivity contribution < 1.29 is 4.39 Å². The van der Waals surface area contributed by atoms with Crippen LogP contribution in [0.5, 0.6) is 0 Å². The lowest BCUT2D eigenvalue weighted by Crippen LogP contribution is -2.16. The molecular weight excluding hydrogens is 269 g/mol. The zero-order valence-corrected chi connectivity index (χ0v) is 11.5. The van der Waals surface area contributed by atoms with Crippen LogP contribution in [0, 0.1) is 12.7 Å². The predicted octanol–water partition coefficient (Wildman–Crippen LogP) is 2.75. The molecule has 2 aromatic heterocycles. The Morgan fingerprint density at radius 1 is 1.24 bits per heavy atom. The number of nitrogens with one attached hydrogen (secondary N) is 1. The minimum atomic E-state index is -0.297. The van der Waals surface area contributed by atoms with Crippen molar-refractivity contribution in [3.8, 4) is 0 Å². The highest BCUT2D eigenvalue weighted by molar-refractivity contribution is 5.51. The van der Waals surface area contributed by atoms with Crippen LogP contribution < -0.4 is 10.9 Å². The largest absolute Gasteiger partial charge is 0.379 e. The Bertz CT molecular complexity index is 858. The second-order valence-electron chi connectivity index (χ2n) is 4.83. The van der Waals surface area contributed by atoms with E-state index >= 15 is 0 Å². The molecule has 106 valence electrons. The first-order chi connectivity index (χ1) is 10.1. The van der Waals surface area contributed by atoms with E-state index < -0.39 is 0 Å². The molecule has 0 aliphatic heterocycles. The van der Waals surface area contributed by atoms with Crippen LogP contribution >= 0.6 is 0 Å². The van der Waals surface area contributed by atoms with Crippen molar-refractivity contribution >= 4 is 11.3 Å². The lowest BCUT2D eigenvalue weighted by Gasteiger charge is -2.09. The number of aryl methyl sites for hydroxylation is 1. The van der Waals surface area contributed by atoms with Crippen molar-refractivity contribution in [2.45, 2.75) is 13.5 Å². The van der Waals surface area contributed by atoms with Crippen LogP contribution in [-0.2, 0) is 6.54 Å². The van der Waals surface area contributed by atoms with Gasteiger partial charge in [0.15, 0.2) is 0 Å². The Hall–Kier alpha value is -2.69. The number of rotatable bonds is 3. The zero-order valence-electron chi connectivity index (χ0n) is 11.5. The molecule has 0 radical (unpaired) electrons. The summed E-state index contributed by atoms with van der Waals surface area (Å²) in [4.78, 5) is 16.4. The maximum absolute atomic E-state index is 13.2. The first-order valence-electron chi connectivity index (χ1n) is 6.61. The molecule has 1 aromatic carbocycles. The van der Waals surface area contributed by atoms with Crippen LogP contribution in [0.3, 0.4) is 0 Å². The van der Waals surface area contributed by atoms with Gasteiger partial charge in [-0.3, -0.25) is 9.20 Å². The van der Waals surface area contributed by atoms with Gasteiger partial charge in [-0.1, -0.05) is 12.1 Å². The highest BCUT2D eigenvalue weighted by Crippen LogP contribution is 2.16. The van der Waals surface area contributed by atoms with Gasteiger partial charge in [0.25, 0.3) is 5.56 Å².